The van der Waals surface area contributed by atoms with Gasteiger partial charge in [-0.1, -0.05) is 54.6 Å². The molecule has 4 aromatic rings. The van der Waals surface area contributed by atoms with Crippen molar-refractivity contribution in [3.8, 4) is 11.8 Å². The lowest BCUT2D eigenvalue weighted by Gasteiger charge is -2.43. The van der Waals surface area contributed by atoms with Crippen molar-refractivity contribution in [2.75, 3.05) is 11.9 Å². The highest BCUT2D eigenvalue weighted by Gasteiger charge is 2.45. The molecule has 3 atom stereocenters. The number of aromatic amines is 1. The number of sulfonamides is 1. The van der Waals surface area contributed by atoms with E-state index in [9.17, 15) is 13.7 Å². The molecule has 0 amide bonds. The van der Waals surface area contributed by atoms with Crippen LogP contribution >= 0.6 is 0 Å². The third-order valence-electron chi connectivity index (χ3n) is 6.81. The zero-order valence-electron chi connectivity index (χ0n) is 21.0. The van der Waals surface area contributed by atoms with Gasteiger partial charge < -0.3 is 15.0 Å². The Kier molecular flexibility index (Phi) is 7.45. The quantitative estimate of drug-likeness (QED) is 0.326. The van der Waals surface area contributed by atoms with Crippen LogP contribution in [0.25, 0.3) is 0 Å². The Morgan fingerprint density at radius 2 is 1.76 bits per heavy atom. The molecule has 0 radical (unpaired) electrons. The van der Waals surface area contributed by atoms with Crippen LogP contribution < -0.4 is 10.1 Å². The lowest BCUT2D eigenvalue weighted by Crippen LogP contribution is -2.55. The highest BCUT2D eigenvalue weighted by molar-refractivity contribution is 7.89. The molecule has 8 nitrogen and oxygen atoms in total. The maximum Gasteiger partial charge on any atom is 0.243 e. The number of aromatic nitrogens is 2. The van der Waals surface area contributed by atoms with Crippen LogP contribution in [0, 0.1) is 11.3 Å². The summed E-state index contributed by atoms with van der Waals surface area (Å²) in [4.78, 5) is 7.44. The Morgan fingerprint density at radius 1 is 1.03 bits per heavy atom. The fourth-order valence-electron chi connectivity index (χ4n) is 5.10. The molecule has 38 heavy (non-hydrogen) atoms. The van der Waals surface area contributed by atoms with Crippen LogP contribution in [0.5, 0.6) is 5.75 Å². The Morgan fingerprint density at radius 3 is 2.50 bits per heavy atom. The summed E-state index contributed by atoms with van der Waals surface area (Å²) in [6.45, 7) is 2.38. The molecule has 3 unspecified atom stereocenters. The third kappa shape index (κ3) is 5.01. The molecule has 1 aliphatic rings. The summed E-state index contributed by atoms with van der Waals surface area (Å²) in [5.41, 5.74) is 3.17. The maximum atomic E-state index is 14.4. The Balaban J connectivity index is 1.68. The molecule has 9 heteroatoms. The van der Waals surface area contributed by atoms with Crippen LogP contribution in [0.15, 0.2) is 96.3 Å². The van der Waals surface area contributed by atoms with Gasteiger partial charge in [0.25, 0.3) is 0 Å². The second kappa shape index (κ2) is 11.1. The molecular formula is C29H29N5O3S. The lowest BCUT2D eigenvalue weighted by atomic mass is 9.81. The molecule has 0 aliphatic carbocycles. The smallest absolute Gasteiger partial charge is 0.243 e. The number of para-hydroxylation sites is 2. The molecule has 1 aliphatic heterocycles. The van der Waals surface area contributed by atoms with Crippen molar-refractivity contribution in [3.05, 3.63) is 108 Å². The highest BCUT2D eigenvalue weighted by Crippen LogP contribution is 2.40. The van der Waals surface area contributed by atoms with Crippen LogP contribution in [0.4, 0.5) is 5.69 Å². The van der Waals surface area contributed by atoms with E-state index >= 15 is 0 Å². The summed E-state index contributed by atoms with van der Waals surface area (Å²) in [6.07, 6.45) is 3.77. The summed E-state index contributed by atoms with van der Waals surface area (Å²) in [5, 5.41) is 14.0. The van der Waals surface area contributed by atoms with Crippen LogP contribution in [0.3, 0.4) is 0 Å². The number of ether oxygens (including phenoxy) is 1. The topological polar surface area (TPSA) is 111 Å². The number of nitrogens with zero attached hydrogens (tertiary/aromatic N) is 3. The molecule has 2 heterocycles. The average Bonchev–Trinajstić information content (AvgIpc) is 3.46. The lowest BCUT2D eigenvalue weighted by molar-refractivity contribution is 0.252. The Labute approximate surface area is 223 Å². The first-order valence-electron chi connectivity index (χ1n) is 12.5. The highest BCUT2D eigenvalue weighted by atomic mass is 32.2. The average molecular weight is 528 g/mol. The number of nitrogens with one attached hydrogen (secondary N) is 2. The summed E-state index contributed by atoms with van der Waals surface area (Å²) >= 11 is 0. The third-order valence-corrected chi connectivity index (χ3v) is 8.66. The molecule has 0 saturated heterocycles. The Hall–Kier alpha value is -4.13. The minimum Gasteiger partial charge on any atom is -0.494 e. The first-order chi connectivity index (χ1) is 18.5. The van der Waals surface area contributed by atoms with E-state index in [1.54, 1.807) is 42.9 Å². The standard InChI is InChI=1S/C29H29N5O3S/c1-2-37-28-15-9-6-10-21(28)19-34(38(35,36)23-11-4-3-5-12-23)29-25(17-30)24-13-7-8-14-26(24)33-27(29)16-22-18-31-20-32-22/h3-15,18,20,25,27,29,33H,2,16,19H2,1H3,(H,31,32). The van der Waals surface area contributed by atoms with Gasteiger partial charge in [0.15, 0.2) is 0 Å². The SMILES string of the molecule is CCOc1ccccc1CN(C1C(Cc2cnc[nH]2)Nc2ccccc2C1C#N)S(=O)(=O)c1ccccc1. The predicted molar refractivity (Wildman–Crippen MR) is 145 cm³/mol. The van der Waals surface area contributed by atoms with Crippen LogP contribution in [-0.4, -0.2) is 41.4 Å². The van der Waals surface area contributed by atoms with Crippen LogP contribution in [-0.2, 0) is 23.0 Å². The van der Waals surface area contributed by atoms with Crippen molar-refractivity contribution in [3.63, 3.8) is 0 Å². The monoisotopic (exact) mass is 527 g/mol. The zero-order valence-corrected chi connectivity index (χ0v) is 21.8. The van der Waals surface area contributed by atoms with Gasteiger partial charge in [0.2, 0.25) is 10.0 Å². The molecule has 0 fully saturated rings. The minimum atomic E-state index is -4.03. The van der Waals surface area contributed by atoms with Gasteiger partial charge in [-0.2, -0.15) is 9.57 Å². The predicted octanol–water partition coefficient (Wildman–Crippen LogP) is 4.71. The summed E-state index contributed by atoms with van der Waals surface area (Å²) in [7, 11) is -4.03. The maximum absolute atomic E-state index is 14.4. The number of benzene rings is 3. The molecule has 3 aromatic carbocycles. The number of rotatable bonds is 9. The van der Waals surface area contributed by atoms with Gasteiger partial charge in [-0.05, 0) is 36.8 Å². The van der Waals surface area contributed by atoms with Crippen molar-refractivity contribution in [1.29, 1.82) is 5.26 Å². The van der Waals surface area contributed by atoms with Crippen molar-refractivity contribution in [1.82, 2.24) is 14.3 Å². The first-order valence-corrected chi connectivity index (χ1v) is 14.0. The zero-order chi connectivity index (χ0) is 26.5. The number of imidazole rings is 1. The van der Waals surface area contributed by atoms with Crippen LogP contribution in [0.2, 0.25) is 0 Å². The molecule has 194 valence electrons. The number of anilines is 1. The van der Waals surface area contributed by atoms with E-state index in [0.29, 0.717) is 18.8 Å². The number of fused-ring (bicyclic) bond motifs is 1. The largest absolute Gasteiger partial charge is 0.494 e. The molecule has 1 aromatic heterocycles. The second-order valence-electron chi connectivity index (χ2n) is 9.12. The van der Waals surface area contributed by atoms with E-state index in [1.807, 2.05) is 55.5 Å². The van der Waals surface area contributed by atoms with E-state index in [-0.39, 0.29) is 11.4 Å². The first kappa shape index (κ1) is 25.5. The molecule has 0 spiro atoms. The van der Waals surface area contributed by atoms with E-state index in [0.717, 1.165) is 22.5 Å². The Bertz CT molecular complexity index is 1520. The molecule has 0 saturated carbocycles. The normalized spacial score (nSPS) is 18.8. The van der Waals surface area contributed by atoms with Gasteiger partial charge in [0, 0.05) is 42.1 Å². The number of nitriles is 1. The molecule has 2 N–H and O–H groups in total. The van der Waals surface area contributed by atoms with Crippen molar-refractivity contribution in [2.24, 2.45) is 0 Å². The van der Waals surface area contributed by atoms with Gasteiger partial charge in [0.1, 0.15) is 5.75 Å². The van der Waals surface area contributed by atoms with Gasteiger partial charge in [0.05, 0.1) is 35.9 Å². The molecule has 0 bridgehead atoms. The van der Waals surface area contributed by atoms with Crippen molar-refractivity contribution in [2.45, 2.75) is 42.8 Å². The van der Waals surface area contributed by atoms with E-state index in [2.05, 4.69) is 21.4 Å². The van der Waals surface area contributed by atoms with Gasteiger partial charge >= 0.3 is 0 Å². The van der Waals surface area contributed by atoms with E-state index < -0.39 is 28.0 Å². The van der Waals surface area contributed by atoms with Crippen molar-refractivity contribution >= 4 is 15.7 Å². The number of H-pyrrole nitrogens is 1. The summed E-state index contributed by atoms with van der Waals surface area (Å²) in [5.74, 6) is -0.0934. The summed E-state index contributed by atoms with van der Waals surface area (Å²) < 4.78 is 36.0. The number of hydrogen-bond donors (Lipinski definition) is 2. The van der Waals surface area contributed by atoms with Gasteiger partial charge in [-0.3, -0.25) is 0 Å². The number of hydrogen-bond acceptors (Lipinski definition) is 6. The van der Waals surface area contributed by atoms with E-state index in [4.69, 9.17) is 4.74 Å². The van der Waals surface area contributed by atoms with Crippen molar-refractivity contribution < 1.29 is 13.2 Å². The minimum absolute atomic E-state index is 0.0412. The molecular weight excluding hydrogens is 498 g/mol. The van der Waals surface area contributed by atoms with Gasteiger partial charge in [-0.15, -0.1) is 0 Å². The van der Waals surface area contributed by atoms with Crippen LogP contribution in [0.1, 0.15) is 29.7 Å². The second-order valence-corrected chi connectivity index (χ2v) is 11.0. The van der Waals surface area contributed by atoms with Gasteiger partial charge in [-0.25, -0.2) is 13.4 Å². The van der Waals surface area contributed by atoms with E-state index in [1.165, 1.54) is 4.31 Å². The fourth-order valence-corrected chi connectivity index (χ4v) is 6.77. The molecule has 5 rings (SSSR count). The fraction of sp³-hybridized carbons (Fsp3) is 0.241. The summed E-state index contributed by atoms with van der Waals surface area (Å²) in [6, 6.07) is 24.7.